The van der Waals surface area contributed by atoms with Crippen LogP contribution in [0.3, 0.4) is 0 Å². The topological polar surface area (TPSA) is 87.2 Å². The Hall–Kier alpha value is -1.80. The molecular weight excluding hydrogens is 428 g/mol. The Bertz CT molecular complexity index is 842. The summed E-state index contributed by atoms with van der Waals surface area (Å²) in [6, 6.07) is -0.639. The largest absolute Gasteiger partial charge is 0.465 e. The Morgan fingerprint density at radius 2 is 1.91 bits per heavy atom. The zero-order valence-corrected chi connectivity index (χ0v) is 20.0. The van der Waals surface area contributed by atoms with Crippen molar-refractivity contribution in [3.05, 3.63) is 24.3 Å². The standard InChI is InChI=1S/C24H34N2O5S/c1-16(2)25-13-9-11-24-17(18-22(30)31-15-8-5-10-23(18,3)32-24)20(28)26(19(24)21(25)29)12-6-4-7-14-27/h5,9-11,16-19,27H,4,6-8,12-15H2,1-3H3/t17-,18+,19?,23-,24-/m0/s1. The maximum atomic E-state index is 13.9. The number of hydrogen-bond acceptors (Lipinski definition) is 6. The van der Waals surface area contributed by atoms with Crippen molar-refractivity contribution in [1.82, 2.24) is 9.80 Å². The van der Waals surface area contributed by atoms with Crippen LogP contribution >= 0.6 is 11.8 Å². The van der Waals surface area contributed by atoms with Gasteiger partial charge in [0.15, 0.2) is 0 Å². The molecular formula is C24H34N2O5S. The summed E-state index contributed by atoms with van der Waals surface area (Å²) in [5, 5.41) is 9.13. The molecule has 4 aliphatic heterocycles. The highest BCUT2D eigenvalue weighted by molar-refractivity contribution is 8.02. The quantitative estimate of drug-likeness (QED) is 0.370. The van der Waals surface area contributed by atoms with Crippen LogP contribution in [0.5, 0.6) is 0 Å². The van der Waals surface area contributed by atoms with Gasteiger partial charge in [-0.2, -0.15) is 0 Å². The molecule has 0 aromatic carbocycles. The highest BCUT2D eigenvalue weighted by Crippen LogP contribution is 2.65. The Morgan fingerprint density at radius 3 is 2.62 bits per heavy atom. The van der Waals surface area contributed by atoms with Crippen LogP contribution in [0.15, 0.2) is 24.3 Å². The monoisotopic (exact) mass is 462 g/mol. The molecule has 1 N–H and O–H groups in total. The lowest BCUT2D eigenvalue weighted by Gasteiger charge is -2.38. The second-order valence-electron chi connectivity index (χ2n) is 9.66. The molecule has 8 heteroatoms. The van der Waals surface area contributed by atoms with Crippen molar-refractivity contribution in [2.45, 2.75) is 68.0 Å². The molecule has 0 aliphatic carbocycles. The van der Waals surface area contributed by atoms with Gasteiger partial charge in [-0.3, -0.25) is 14.4 Å². The summed E-state index contributed by atoms with van der Waals surface area (Å²) in [5.74, 6) is -1.79. The number of aliphatic hydroxyl groups is 1. The van der Waals surface area contributed by atoms with Gasteiger partial charge in [0.05, 0.1) is 23.2 Å². The number of ether oxygens (including phenoxy) is 1. The van der Waals surface area contributed by atoms with E-state index in [9.17, 15) is 14.4 Å². The van der Waals surface area contributed by atoms with E-state index in [1.165, 1.54) is 0 Å². The normalized spacial score (nSPS) is 36.5. The average molecular weight is 463 g/mol. The number of cyclic esters (lactones) is 1. The van der Waals surface area contributed by atoms with Crippen LogP contribution in [0.25, 0.3) is 0 Å². The van der Waals surface area contributed by atoms with Crippen molar-refractivity contribution in [3.63, 3.8) is 0 Å². The molecule has 32 heavy (non-hydrogen) atoms. The fourth-order valence-corrected chi connectivity index (χ4v) is 7.93. The van der Waals surface area contributed by atoms with E-state index in [0.717, 1.165) is 6.42 Å². The number of amides is 2. The fraction of sp³-hybridized carbons (Fsp3) is 0.708. The summed E-state index contributed by atoms with van der Waals surface area (Å²) in [6.45, 7) is 7.34. The van der Waals surface area contributed by atoms with E-state index in [0.29, 0.717) is 39.0 Å². The van der Waals surface area contributed by atoms with Gasteiger partial charge in [-0.15, -0.1) is 11.8 Å². The Kier molecular flexibility index (Phi) is 6.47. The molecule has 0 bridgehead atoms. The molecule has 7 nitrogen and oxygen atoms in total. The number of nitrogens with zero attached hydrogens (tertiary/aromatic N) is 2. The summed E-state index contributed by atoms with van der Waals surface area (Å²) in [4.78, 5) is 44.5. The summed E-state index contributed by atoms with van der Waals surface area (Å²) >= 11 is 1.58. The molecule has 2 fully saturated rings. The molecule has 1 spiro atoms. The smallest absolute Gasteiger partial charge is 0.311 e. The maximum absolute atomic E-state index is 13.9. The van der Waals surface area contributed by atoms with Crippen LogP contribution in [-0.2, 0) is 19.1 Å². The van der Waals surface area contributed by atoms with Crippen molar-refractivity contribution in [1.29, 1.82) is 0 Å². The highest BCUT2D eigenvalue weighted by atomic mass is 32.2. The Labute approximate surface area is 194 Å². The molecule has 2 amide bonds. The van der Waals surface area contributed by atoms with E-state index in [4.69, 9.17) is 9.84 Å². The lowest BCUT2D eigenvalue weighted by molar-refractivity contribution is -0.154. The number of carbonyl (C=O) groups is 3. The number of aliphatic hydroxyl groups excluding tert-OH is 1. The summed E-state index contributed by atoms with van der Waals surface area (Å²) in [6.07, 6.45) is 10.9. The van der Waals surface area contributed by atoms with Gasteiger partial charge in [-0.05, 0) is 46.5 Å². The molecule has 5 atom stereocenters. The molecule has 0 radical (unpaired) electrons. The number of thioether (sulfide) groups is 1. The first-order chi connectivity index (χ1) is 15.3. The Balaban J connectivity index is 1.79. The van der Waals surface area contributed by atoms with Gasteiger partial charge < -0.3 is 19.6 Å². The highest BCUT2D eigenvalue weighted by Gasteiger charge is 2.73. The predicted octanol–water partition coefficient (Wildman–Crippen LogP) is 2.15. The van der Waals surface area contributed by atoms with Gasteiger partial charge in [0.2, 0.25) is 11.8 Å². The SMILES string of the molecule is CC(C)N1CC=C[C@]23S[C@@]4(C)C=CCCOC(=O)[C@H]4[C@H]2C(=O)N(CCCCCO)C3C1=O. The number of esters is 1. The third-order valence-corrected chi connectivity index (χ3v) is 9.03. The molecule has 0 aromatic heterocycles. The Morgan fingerprint density at radius 1 is 1.12 bits per heavy atom. The van der Waals surface area contributed by atoms with Gasteiger partial charge in [-0.1, -0.05) is 24.3 Å². The third kappa shape index (κ3) is 3.59. The second kappa shape index (κ2) is 8.86. The van der Waals surface area contributed by atoms with E-state index in [1.807, 2.05) is 43.9 Å². The minimum Gasteiger partial charge on any atom is -0.465 e. The summed E-state index contributed by atoms with van der Waals surface area (Å²) in [5.41, 5.74) is 0. The van der Waals surface area contributed by atoms with Crippen molar-refractivity contribution in [2.75, 3.05) is 26.3 Å². The predicted molar refractivity (Wildman–Crippen MR) is 123 cm³/mol. The van der Waals surface area contributed by atoms with Crippen LogP contribution in [0.1, 0.15) is 46.5 Å². The number of rotatable bonds is 6. The molecule has 4 heterocycles. The average Bonchev–Trinajstić information content (AvgIpc) is 3.04. The zero-order chi connectivity index (χ0) is 23.1. The van der Waals surface area contributed by atoms with Gasteiger partial charge in [0, 0.05) is 30.5 Å². The third-order valence-electron chi connectivity index (χ3n) is 7.23. The van der Waals surface area contributed by atoms with E-state index in [1.54, 1.807) is 16.7 Å². The molecule has 1 unspecified atom stereocenters. The second-order valence-corrected chi connectivity index (χ2v) is 11.4. The van der Waals surface area contributed by atoms with Crippen molar-refractivity contribution >= 4 is 29.5 Å². The van der Waals surface area contributed by atoms with E-state index in [2.05, 4.69) is 6.08 Å². The number of unbranched alkanes of at least 4 members (excludes halogenated alkanes) is 2. The van der Waals surface area contributed by atoms with Gasteiger partial charge in [-0.25, -0.2) is 0 Å². The summed E-state index contributed by atoms with van der Waals surface area (Å²) in [7, 11) is 0. The number of likely N-dealkylation sites (tertiary alicyclic amines) is 1. The molecule has 176 valence electrons. The van der Waals surface area contributed by atoms with Crippen molar-refractivity contribution in [3.8, 4) is 0 Å². The van der Waals surface area contributed by atoms with Crippen LogP contribution < -0.4 is 0 Å². The van der Waals surface area contributed by atoms with Crippen LogP contribution in [-0.4, -0.2) is 80.6 Å². The zero-order valence-electron chi connectivity index (χ0n) is 19.2. The van der Waals surface area contributed by atoms with E-state index >= 15 is 0 Å². The first kappa shape index (κ1) is 23.4. The number of carbonyl (C=O) groups excluding carboxylic acids is 3. The van der Waals surface area contributed by atoms with Gasteiger partial charge in [0.25, 0.3) is 0 Å². The van der Waals surface area contributed by atoms with E-state index < -0.39 is 27.4 Å². The first-order valence-electron chi connectivity index (χ1n) is 11.7. The maximum Gasteiger partial charge on any atom is 0.311 e. The lowest BCUT2D eigenvalue weighted by atomic mass is 9.74. The molecule has 4 rings (SSSR count). The molecule has 0 aromatic rings. The van der Waals surface area contributed by atoms with Crippen molar-refractivity contribution < 1.29 is 24.2 Å². The number of hydrogen-bond donors (Lipinski definition) is 1. The fourth-order valence-electron chi connectivity index (χ4n) is 5.78. The first-order valence-corrected chi connectivity index (χ1v) is 12.5. The molecule has 0 saturated carbocycles. The van der Waals surface area contributed by atoms with Gasteiger partial charge in [0.1, 0.15) is 6.04 Å². The molecule has 4 aliphatic rings. The van der Waals surface area contributed by atoms with Crippen molar-refractivity contribution in [2.24, 2.45) is 11.8 Å². The minimum absolute atomic E-state index is 0.00761. The van der Waals surface area contributed by atoms with Crippen LogP contribution in [0.4, 0.5) is 0 Å². The van der Waals surface area contributed by atoms with Crippen LogP contribution in [0, 0.1) is 11.8 Å². The summed E-state index contributed by atoms with van der Waals surface area (Å²) < 4.78 is 4.12. The van der Waals surface area contributed by atoms with E-state index in [-0.39, 0.29) is 30.4 Å². The number of fused-ring (bicyclic) bond motifs is 2. The lowest BCUT2D eigenvalue weighted by Crippen LogP contribution is -2.54. The minimum atomic E-state index is -0.804. The molecule has 2 saturated heterocycles. The van der Waals surface area contributed by atoms with Gasteiger partial charge >= 0.3 is 5.97 Å². The van der Waals surface area contributed by atoms with Crippen LogP contribution in [0.2, 0.25) is 0 Å².